The van der Waals surface area contributed by atoms with Crippen LogP contribution in [0.15, 0.2) is 12.1 Å². The molecule has 0 amide bonds. The van der Waals surface area contributed by atoms with Gasteiger partial charge in [-0.2, -0.15) is 13.2 Å². The molecule has 2 nitrogen and oxygen atoms in total. The molecular formula is C9H10F3NO. The van der Waals surface area contributed by atoms with E-state index in [0.29, 0.717) is 5.69 Å². The highest BCUT2D eigenvalue weighted by Crippen LogP contribution is 2.34. The summed E-state index contributed by atoms with van der Waals surface area (Å²) in [5, 5.41) is 0. The maximum Gasteiger partial charge on any atom is 0.437 e. The van der Waals surface area contributed by atoms with E-state index in [0.717, 1.165) is 0 Å². The number of nitrogens with zero attached hydrogens (tertiary/aromatic N) is 1. The molecule has 0 aliphatic heterocycles. The van der Waals surface area contributed by atoms with Crippen LogP contribution in [0.5, 0.6) is 5.75 Å². The Morgan fingerprint density at radius 2 is 2.00 bits per heavy atom. The van der Waals surface area contributed by atoms with E-state index < -0.39 is 11.9 Å². The van der Waals surface area contributed by atoms with E-state index in [9.17, 15) is 13.2 Å². The van der Waals surface area contributed by atoms with E-state index in [2.05, 4.69) is 4.98 Å². The maximum absolute atomic E-state index is 12.4. The van der Waals surface area contributed by atoms with Crippen LogP contribution in [-0.4, -0.2) is 11.6 Å². The molecule has 0 saturated carbocycles. The molecule has 0 bridgehead atoms. The molecule has 0 atom stereocenters. The van der Waals surface area contributed by atoms with Crippen molar-refractivity contribution in [2.45, 2.75) is 20.0 Å². The summed E-state index contributed by atoms with van der Waals surface area (Å²) in [5.41, 5.74) is -0.639. The van der Waals surface area contributed by atoms with Gasteiger partial charge in [-0.15, -0.1) is 0 Å². The van der Waals surface area contributed by atoms with Gasteiger partial charge >= 0.3 is 6.18 Å². The summed E-state index contributed by atoms with van der Waals surface area (Å²) in [6.07, 6.45) is -4.46. The number of rotatable bonds is 2. The maximum atomic E-state index is 12.4. The Bertz CT molecular complexity index is 322. The smallest absolute Gasteiger partial charge is 0.437 e. The van der Waals surface area contributed by atoms with Crippen molar-refractivity contribution in [3.8, 4) is 5.75 Å². The van der Waals surface area contributed by atoms with E-state index in [1.54, 1.807) is 6.92 Å². The molecule has 0 N–H and O–H groups in total. The lowest BCUT2D eigenvalue weighted by Gasteiger charge is -2.12. The Morgan fingerprint density at radius 1 is 1.36 bits per heavy atom. The molecule has 0 unspecified atom stereocenters. The van der Waals surface area contributed by atoms with E-state index in [-0.39, 0.29) is 12.4 Å². The van der Waals surface area contributed by atoms with Crippen molar-refractivity contribution in [2.24, 2.45) is 0 Å². The zero-order valence-corrected chi connectivity index (χ0v) is 7.85. The number of halogens is 3. The zero-order chi connectivity index (χ0) is 10.8. The summed E-state index contributed by atoms with van der Waals surface area (Å²) < 4.78 is 42.1. The van der Waals surface area contributed by atoms with Gasteiger partial charge < -0.3 is 4.74 Å². The van der Waals surface area contributed by atoms with Crippen molar-refractivity contribution in [1.82, 2.24) is 4.98 Å². The predicted octanol–water partition coefficient (Wildman–Crippen LogP) is 2.81. The average Bonchev–Trinajstić information content (AvgIpc) is 2.07. The normalized spacial score (nSPS) is 11.5. The summed E-state index contributed by atoms with van der Waals surface area (Å²) in [4.78, 5) is 3.41. The predicted molar refractivity (Wildman–Crippen MR) is 45.1 cm³/mol. The molecule has 1 rings (SSSR count). The van der Waals surface area contributed by atoms with Crippen molar-refractivity contribution >= 4 is 0 Å². The Morgan fingerprint density at radius 3 is 2.50 bits per heavy atom. The molecule has 14 heavy (non-hydrogen) atoms. The minimum Gasteiger partial charge on any atom is -0.492 e. The van der Waals surface area contributed by atoms with Gasteiger partial charge in [0.2, 0.25) is 0 Å². The molecule has 0 saturated heterocycles. The quantitative estimate of drug-likeness (QED) is 0.740. The van der Waals surface area contributed by atoms with Gasteiger partial charge in [-0.25, -0.2) is 4.98 Å². The molecule has 78 valence electrons. The number of aromatic nitrogens is 1. The highest BCUT2D eigenvalue weighted by atomic mass is 19.4. The van der Waals surface area contributed by atoms with Gasteiger partial charge in [0.25, 0.3) is 0 Å². The fraction of sp³-hybridized carbons (Fsp3) is 0.444. The van der Waals surface area contributed by atoms with Crippen LogP contribution in [0, 0.1) is 6.92 Å². The fourth-order valence-electron chi connectivity index (χ4n) is 1.02. The van der Waals surface area contributed by atoms with Crippen LogP contribution in [-0.2, 0) is 6.18 Å². The molecule has 0 radical (unpaired) electrons. The number of ether oxygens (including phenoxy) is 1. The average molecular weight is 205 g/mol. The van der Waals surface area contributed by atoms with E-state index in [1.807, 2.05) is 0 Å². The van der Waals surface area contributed by atoms with Crippen LogP contribution in [0.25, 0.3) is 0 Å². The van der Waals surface area contributed by atoms with Gasteiger partial charge in [-0.05, 0) is 26.0 Å². The van der Waals surface area contributed by atoms with E-state index in [4.69, 9.17) is 4.74 Å². The highest BCUT2D eigenvalue weighted by molar-refractivity contribution is 5.31. The third-order valence-corrected chi connectivity index (χ3v) is 1.57. The van der Waals surface area contributed by atoms with Crippen molar-refractivity contribution in [3.63, 3.8) is 0 Å². The lowest BCUT2D eigenvalue weighted by atomic mass is 10.3. The largest absolute Gasteiger partial charge is 0.492 e. The summed E-state index contributed by atoms with van der Waals surface area (Å²) in [6, 6.07) is 2.77. The molecule has 0 aliphatic rings. The first kappa shape index (κ1) is 10.8. The Labute approximate surface area is 79.7 Å². The van der Waals surface area contributed by atoms with Gasteiger partial charge in [-0.1, -0.05) is 0 Å². The Hall–Kier alpha value is -1.26. The van der Waals surface area contributed by atoms with Crippen LogP contribution < -0.4 is 4.74 Å². The third-order valence-electron chi connectivity index (χ3n) is 1.57. The molecule has 1 heterocycles. The lowest BCUT2D eigenvalue weighted by molar-refractivity contribution is -0.142. The van der Waals surface area contributed by atoms with Crippen molar-refractivity contribution in [2.75, 3.05) is 6.61 Å². The van der Waals surface area contributed by atoms with Crippen LogP contribution in [0.2, 0.25) is 0 Å². The first-order valence-electron chi connectivity index (χ1n) is 4.12. The monoisotopic (exact) mass is 205 g/mol. The van der Waals surface area contributed by atoms with Crippen molar-refractivity contribution in [1.29, 1.82) is 0 Å². The number of hydrogen-bond acceptors (Lipinski definition) is 2. The van der Waals surface area contributed by atoms with Gasteiger partial charge in [-0.3, -0.25) is 0 Å². The van der Waals surface area contributed by atoms with Crippen LogP contribution >= 0.6 is 0 Å². The molecule has 0 aromatic carbocycles. The second-order valence-electron chi connectivity index (χ2n) is 2.73. The first-order chi connectivity index (χ1) is 6.45. The van der Waals surface area contributed by atoms with Gasteiger partial charge in [0.15, 0.2) is 5.69 Å². The van der Waals surface area contributed by atoms with Crippen LogP contribution in [0.4, 0.5) is 13.2 Å². The van der Waals surface area contributed by atoms with E-state index >= 15 is 0 Å². The highest BCUT2D eigenvalue weighted by Gasteiger charge is 2.36. The van der Waals surface area contributed by atoms with Gasteiger partial charge in [0.05, 0.1) is 6.61 Å². The molecule has 1 aromatic heterocycles. The number of hydrogen-bond donors (Lipinski definition) is 0. The van der Waals surface area contributed by atoms with Crippen LogP contribution in [0.1, 0.15) is 18.3 Å². The summed E-state index contributed by atoms with van der Waals surface area (Å²) in [7, 11) is 0. The SMILES string of the molecule is CCOc1ccc(C)nc1C(F)(F)F. The van der Waals surface area contributed by atoms with Gasteiger partial charge in [0, 0.05) is 5.69 Å². The molecule has 0 fully saturated rings. The van der Waals surface area contributed by atoms with Crippen molar-refractivity contribution < 1.29 is 17.9 Å². The standard InChI is InChI=1S/C9H10F3NO/c1-3-14-7-5-4-6(2)13-8(7)9(10,11)12/h4-5H,3H2,1-2H3. The number of aryl methyl sites for hydroxylation is 1. The molecule has 0 aliphatic carbocycles. The molecule has 1 aromatic rings. The molecule has 5 heteroatoms. The number of pyridine rings is 1. The lowest BCUT2D eigenvalue weighted by Crippen LogP contribution is -2.11. The van der Waals surface area contributed by atoms with Crippen molar-refractivity contribution in [3.05, 3.63) is 23.5 Å². The van der Waals surface area contributed by atoms with Gasteiger partial charge in [0.1, 0.15) is 5.75 Å². The summed E-state index contributed by atoms with van der Waals surface area (Å²) in [5.74, 6) is -0.217. The topological polar surface area (TPSA) is 22.1 Å². The Kier molecular flexibility index (Phi) is 2.98. The minimum atomic E-state index is -4.46. The minimum absolute atomic E-state index is 0.188. The fourth-order valence-corrected chi connectivity index (χ4v) is 1.02. The third kappa shape index (κ3) is 2.37. The van der Waals surface area contributed by atoms with E-state index in [1.165, 1.54) is 19.1 Å². The summed E-state index contributed by atoms with van der Waals surface area (Å²) >= 11 is 0. The molecular weight excluding hydrogens is 195 g/mol. The summed E-state index contributed by atoms with van der Waals surface area (Å²) in [6.45, 7) is 3.32. The second kappa shape index (κ2) is 3.86. The van der Waals surface area contributed by atoms with Crippen LogP contribution in [0.3, 0.4) is 0 Å². The first-order valence-corrected chi connectivity index (χ1v) is 4.12. The number of alkyl halides is 3. The molecule has 0 spiro atoms. The Balaban J connectivity index is 3.16. The second-order valence-corrected chi connectivity index (χ2v) is 2.73. The zero-order valence-electron chi connectivity index (χ0n) is 7.85.